The van der Waals surface area contributed by atoms with Crippen LogP contribution in [0.15, 0.2) is 71.8 Å². The zero-order valence-electron chi connectivity index (χ0n) is 18.6. The van der Waals surface area contributed by atoms with E-state index in [1.54, 1.807) is 12.1 Å². The molecule has 164 valence electrons. The van der Waals surface area contributed by atoms with Gasteiger partial charge in [0, 0.05) is 6.42 Å². The van der Waals surface area contributed by atoms with E-state index >= 15 is 0 Å². The van der Waals surface area contributed by atoms with Gasteiger partial charge in [0.25, 0.3) is 5.91 Å². The smallest absolute Gasteiger partial charge is 0.298 e. The first-order valence-corrected chi connectivity index (χ1v) is 11.6. The summed E-state index contributed by atoms with van der Waals surface area (Å²) in [6.07, 6.45) is 4.40. The number of fused-ring (bicyclic) bond motifs is 1. The number of quaternary nitrogens is 1. The maximum Gasteiger partial charge on any atom is 0.298 e. The number of likely N-dealkylation sites (tertiary alicyclic amines) is 1. The third-order valence-electron chi connectivity index (χ3n) is 6.71. The summed E-state index contributed by atoms with van der Waals surface area (Å²) in [5.74, 6) is 0.927. The summed E-state index contributed by atoms with van der Waals surface area (Å²) in [7, 11) is 1.67. The van der Waals surface area contributed by atoms with E-state index in [0.717, 1.165) is 35.7 Å². The Morgan fingerprint density at radius 1 is 1.00 bits per heavy atom. The summed E-state index contributed by atoms with van der Waals surface area (Å²) in [6, 6.07) is 22.7. The SMILES string of the molecule is COc1ccc([C@H]2CC(c3ccc4ccccc4c3)=NN2C(=O)C[NH+]2CCCCC2)cc1. The maximum absolute atomic E-state index is 13.4. The van der Waals surface area contributed by atoms with Crippen molar-refractivity contribution in [2.75, 3.05) is 26.7 Å². The molecule has 5 heteroatoms. The molecular formula is C27H30N3O2+. The minimum absolute atomic E-state index is 0.0842. The fraction of sp³-hybridized carbons (Fsp3) is 0.333. The molecule has 1 saturated heterocycles. The highest BCUT2D eigenvalue weighted by atomic mass is 16.5. The average molecular weight is 429 g/mol. The van der Waals surface area contributed by atoms with E-state index in [-0.39, 0.29) is 11.9 Å². The number of benzene rings is 3. The molecule has 3 aromatic rings. The molecule has 2 aliphatic heterocycles. The standard InChI is InChI=1S/C27H29N3O2/c1-32-24-13-11-21(12-14-24)26-18-25(23-10-9-20-7-3-4-8-22(20)17-23)28-30(26)27(31)19-29-15-5-2-6-16-29/h3-4,7-14,17,26H,2,5-6,15-16,18-19H2,1H3/p+1/t26-/m1/s1. The Bertz CT molecular complexity index is 1130. The van der Waals surface area contributed by atoms with Gasteiger partial charge in [-0.05, 0) is 59.4 Å². The molecule has 0 spiro atoms. The van der Waals surface area contributed by atoms with Gasteiger partial charge in [-0.1, -0.05) is 48.5 Å². The van der Waals surface area contributed by atoms with Gasteiger partial charge in [-0.2, -0.15) is 5.10 Å². The highest BCUT2D eigenvalue weighted by Crippen LogP contribution is 2.34. The number of amides is 1. The van der Waals surface area contributed by atoms with Gasteiger partial charge in [-0.25, -0.2) is 5.01 Å². The maximum atomic E-state index is 13.4. The number of carbonyl (C=O) groups is 1. The normalized spacial score (nSPS) is 19.2. The summed E-state index contributed by atoms with van der Waals surface area (Å²) in [4.78, 5) is 14.8. The monoisotopic (exact) mass is 428 g/mol. The lowest BCUT2D eigenvalue weighted by atomic mass is 9.97. The van der Waals surface area contributed by atoms with E-state index in [4.69, 9.17) is 9.84 Å². The predicted molar refractivity (Wildman–Crippen MR) is 127 cm³/mol. The van der Waals surface area contributed by atoms with Crippen LogP contribution in [0.1, 0.15) is 42.9 Å². The number of hydrogen-bond donors (Lipinski definition) is 1. The second kappa shape index (κ2) is 9.13. The van der Waals surface area contributed by atoms with Crippen molar-refractivity contribution in [1.29, 1.82) is 0 Å². The van der Waals surface area contributed by atoms with Crippen LogP contribution in [0.3, 0.4) is 0 Å². The fourth-order valence-corrected chi connectivity index (χ4v) is 4.89. The summed E-state index contributed by atoms with van der Waals surface area (Å²) in [6.45, 7) is 2.67. The molecule has 0 aromatic heterocycles. The Balaban J connectivity index is 1.45. The van der Waals surface area contributed by atoms with Gasteiger partial charge >= 0.3 is 0 Å². The Hall–Kier alpha value is -3.18. The molecule has 5 nitrogen and oxygen atoms in total. The van der Waals surface area contributed by atoms with Gasteiger partial charge < -0.3 is 9.64 Å². The largest absolute Gasteiger partial charge is 0.497 e. The van der Waals surface area contributed by atoms with Gasteiger partial charge in [0.05, 0.1) is 32.0 Å². The Morgan fingerprint density at radius 2 is 1.75 bits per heavy atom. The molecule has 1 fully saturated rings. The molecule has 0 bridgehead atoms. The van der Waals surface area contributed by atoms with Crippen molar-refractivity contribution >= 4 is 22.4 Å². The molecule has 2 aliphatic rings. The molecular weight excluding hydrogens is 398 g/mol. The van der Waals surface area contributed by atoms with Crippen molar-refractivity contribution in [3.63, 3.8) is 0 Å². The first-order valence-electron chi connectivity index (χ1n) is 11.6. The van der Waals surface area contributed by atoms with Gasteiger partial charge in [0.15, 0.2) is 6.54 Å². The molecule has 1 N–H and O–H groups in total. The topological polar surface area (TPSA) is 46.3 Å². The molecule has 0 saturated carbocycles. The molecule has 0 radical (unpaired) electrons. The van der Waals surface area contributed by atoms with Crippen LogP contribution < -0.4 is 9.64 Å². The first kappa shape index (κ1) is 20.7. The van der Waals surface area contributed by atoms with Crippen molar-refractivity contribution in [3.8, 4) is 5.75 Å². The summed E-state index contributed by atoms with van der Waals surface area (Å²) in [5.41, 5.74) is 3.15. The lowest BCUT2D eigenvalue weighted by Crippen LogP contribution is -3.13. The minimum atomic E-state index is -0.0842. The third-order valence-corrected chi connectivity index (χ3v) is 6.71. The molecule has 32 heavy (non-hydrogen) atoms. The van der Waals surface area contributed by atoms with Gasteiger partial charge in [-0.3, -0.25) is 4.79 Å². The average Bonchev–Trinajstić information content (AvgIpc) is 3.30. The predicted octanol–water partition coefficient (Wildman–Crippen LogP) is 3.59. The summed E-state index contributed by atoms with van der Waals surface area (Å²) >= 11 is 0. The van der Waals surface area contributed by atoms with Crippen LogP contribution in [0.5, 0.6) is 5.75 Å². The highest BCUT2D eigenvalue weighted by molar-refractivity contribution is 6.05. The Kier molecular flexibility index (Phi) is 5.91. The van der Waals surface area contributed by atoms with Crippen molar-refractivity contribution in [1.82, 2.24) is 5.01 Å². The second-order valence-electron chi connectivity index (χ2n) is 8.83. The molecule has 1 atom stereocenters. The molecule has 0 unspecified atom stereocenters. The van der Waals surface area contributed by atoms with Crippen molar-refractivity contribution in [3.05, 3.63) is 77.9 Å². The van der Waals surface area contributed by atoms with Crippen LogP contribution >= 0.6 is 0 Å². The van der Waals surface area contributed by atoms with Gasteiger partial charge in [0.2, 0.25) is 0 Å². The van der Waals surface area contributed by atoms with Crippen LogP contribution in [0.2, 0.25) is 0 Å². The van der Waals surface area contributed by atoms with Crippen LogP contribution in [-0.4, -0.2) is 43.4 Å². The van der Waals surface area contributed by atoms with Crippen LogP contribution in [0.4, 0.5) is 0 Å². The lowest BCUT2D eigenvalue weighted by molar-refractivity contribution is -0.897. The van der Waals surface area contributed by atoms with E-state index in [0.29, 0.717) is 13.0 Å². The number of hydrazone groups is 1. The lowest BCUT2D eigenvalue weighted by Gasteiger charge is -2.27. The van der Waals surface area contributed by atoms with Crippen molar-refractivity contribution in [2.45, 2.75) is 31.7 Å². The van der Waals surface area contributed by atoms with Crippen LogP contribution in [0.25, 0.3) is 10.8 Å². The molecule has 3 aromatic carbocycles. The summed E-state index contributed by atoms with van der Waals surface area (Å²) in [5, 5.41) is 9.03. The Labute approximate surface area is 189 Å². The number of carbonyl (C=O) groups excluding carboxylic acids is 1. The first-order chi connectivity index (χ1) is 15.7. The number of hydrogen-bond acceptors (Lipinski definition) is 3. The zero-order chi connectivity index (χ0) is 21.9. The van der Waals surface area contributed by atoms with E-state index in [9.17, 15) is 4.79 Å². The fourth-order valence-electron chi connectivity index (χ4n) is 4.89. The molecule has 5 rings (SSSR count). The summed E-state index contributed by atoms with van der Waals surface area (Å²) < 4.78 is 5.33. The van der Waals surface area contributed by atoms with Gasteiger partial charge in [-0.15, -0.1) is 0 Å². The number of nitrogens with zero attached hydrogens (tertiary/aromatic N) is 2. The number of rotatable bonds is 5. The number of methoxy groups -OCH3 is 1. The molecule has 1 amide bonds. The van der Waals surface area contributed by atoms with E-state index in [1.165, 1.54) is 34.9 Å². The minimum Gasteiger partial charge on any atom is -0.497 e. The number of ether oxygens (including phenoxy) is 1. The zero-order valence-corrected chi connectivity index (χ0v) is 18.6. The quantitative estimate of drug-likeness (QED) is 0.675. The van der Waals surface area contributed by atoms with Crippen molar-refractivity contribution in [2.24, 2.45) is 5.10 Å². The second-order valence-corrected chi connectivity index (χ2v) is 8.83. The Morgan fingerprint density at radius 3 is 2.50 bits per heavy atom. The van der Waals surface area contributed by atoms with Crippen LogP contribution in [0, 0.1) is 0 Å². The van der Waals surface area contributed by atoms with Gasteiger partial charge in [0.1, 0.15) is 5.75 Å². The molecule has 0 aliphatic carbocycles. The van der Waals surface area contributed by atoms with E-state index < -0.39 is 0 Å². The number of nitrogens with one attached hydrogen (secondary N) is 1. The third kappa shape index (κ3) is 4.26. The van der Waals surface area contributed by atoms with E-state index in [1.807, 2.05) is 12.1 Å². The number of piperidine rings is 1. The van der Waals surface area contributed by atoms with Crippen molar-refractivity contribution < 1.29 is 14.4 Å². The van der Waals surface area contributed by atoms with E-state index in [2.05, 4.69) is 54.6 Å². The van der Waals surface area contributed by atoms with Crippen LogP contribution in [-0.2, 0) is 4.79 Å². The molecule has 2 heterocycles. The highest BCUT2D eigenvalue weighted by Gasteiger charge is 2.35.